The Labute approximate surface area is 136 Å². The van der Waals surface area contributed by atoms with Gasteiger partial charge in [-0.25, -0.2) is 4.79 Å². The third-order valence-electron chi connectivity index (χ3n) is 3.05. The zero-order valence-corrected chi connectivity index (χ0v) is 14.7. The number of aromatic nitrogens is 2. The first-order chi connectivity index (χ1) is 10.0. The normalized spacial score (nSPS) is 11.1. The lowest BCUT2D eigenvalue weighted by molar-refractivity contribution is 0.0524. The van der Waals surface area contributed by atoms with Crippen LogP contribution in [0.2, 0.25) is 0 Å². The molecule has 0 aliphatic heterocycles. The molecule has 2 heterocycles. The van der Waals surface area contributed by atoms with Crippen molar-refractivity contribution >= 4 is 33.2 Å². The summed E-state index contributed by atoms with van der Waals surface area (Å²) in [6.45, 7) is 3.62. The summed E-state index contributed by atoms with van der Waals surface area (Å²) in [6.07, 6.45) is 1.57. The van der Waals surface area contributed by atoms with E-state index >= 15 is 0 Å². The van der Waals surface area contributed by atoms with Gasteiger partial charge in [-0.05, 0) is 46.9 Å². The maximum atomic E-state index is 11.9. The zero-order chi connectivity index (χ0) is 15.4. The number of carbonyl (C=O) groups excluding carboxylic acids is 1. The highest BCUT2D eigenvalue weighted by Crippen LogP contribution is 2.22. The van der Waals surface area contributed by atoms with Gasteiger partial charge < -0.3 is 4.74 Å². The van der Waals surface area contributed by atoms with Crippen LogP contribution in [0.25, 0.3) is 0 Å². The van der Waals surface area contributed by atoms with Crippen molar-refractivity contribution in [3.05, 3.63) is 38.3 Å². The minimum absolute atomic E-state index is 0.313. The smallest absolute Gasteiger partial charge is 0.341 e. The molecule has 0 spiro atoms. The van der Waals surface area contributed by atoms with E-state index in [0.29, 0.717) is 18.7 Å². The van der Waals surface area contributed by atoms with E-state index in [-0.39, 0.29) is 5.97 Å². The summed E-state index contributed by atoms with van der Waals surface area (Å²) in [5, 5.41) is 6.29. The van der Waals surface area contributed by atoms with Crippen LogP contribution in [0.1, 0.15) is 28.5 Å². The molecule has 0 aliphatic carbocycles. The number of ether oxygens (including phenoxy) is 1. The lowest BCUT2D eigenvalue weighted by Gasteiger charge is -2.17. The summed E-state index contributed by atoms with van der Waals surface area (Å²) < 4.78 is 7.92. The number of rotatable bonds is 6. The number of hydrogen-bond acceptors (Lipinski definition) is 5. The molecular formula is C14H18BrN3O2S. The molecule has 114 valence electrons. The van der Waals surface area contributed by atoms with Gasteiger partial charge in [-0.3, -0.25) is 9.58 Å². The van der Waals surface area contributed by atoms with Gasteiger partial charge in [0.15, 0.2) is 0 Å². The number of carbonyl (C=O) groups is 1. The van der Waals surface area contributed by atoms with Crippen LogP contribution in [-0.4, -0.2) is 34.3 Å². The Hall–Kier alpha value is -1.18. The molecule has 0 bridgehead atoms. The summed E-state index contributed by atoms with van der Waals surface area (Å²) >= 11 is 5.14. The van der Waals surface area contributed by atoms with Gasteiger partial charge in [-0.1, -0.05) is 0 Å². The summed E-state index contributed by atoms with van der Waals surface area (Å²) in [5.74, 6) is -0.313. The van der Waals surface area contributed by atoms with Gasteiger partial charge in [0.05, 0.1) is 22.3 Å². The van der Waals surface area contributed by atoms with Crippen molar-refractivity contribution in [2.24, 2.45) is 7.05 Å². The molecule has 0 saturated heterocycles. The van der Waals surface area contributed by atoms with E-state index in [0.717, 1.165) is 16.0 Å². The minimum atomic E-state index is -0.313. The van der Waals surface area contributed by atoms with Crippen LogP contribution in [0.15, 0.2) is 21.4 Å². The molecule has 0 aliphatic rings. The third-order valence-corrected chi connectivity index (χ3v) is 4.60. The fourth-order valence-electron chi connectivity index (χ4n) is 2.08. The molecule has 0 amide bonds. The zero-order valence-electron chi connectivity index (χ0n) is 12.3. The summed E-state index contributed by atoms with van der Waals surface area (Å²) in [5.41, 5.74) is 2.65. The van der Waals surface area contributed by atoms with Crippen LogP contribution in [0.5, 0.6) is 0 Å². The average molecular weight is 372 g/mol. The van der Waals surface area contributed by atoms with Crippen LogP contribution < -0.4 is 0 Å². The van der Waals surface area contributed by atoms with Crippen molar-refractivity contribution in [1.29, 1.82) is 0 Å². The maximum absolute atomic E-state index is 11.9. The Balaban J connectivity index is 2.08. The fraction of sp³-hybridized carbons (Fsp3) is 0.429. The van der Waals surface area contributed by atoms with E-state index in [1.54, 1.807) is 29.1 Å². The van der Waals surface area contributed by atoms with E-state index < -0.39 is 0 Å². The van der Waals surface area contributed by atoms with Crippen molar-refractivity contribution < 1.29 is 9.53 Å². The fourth-order valence-corrected chi connectivity index (χ4v) is 3.28. The molecule has 0 radical (unpaired) electrons. The molecule has 0 unspecified atom stereocenters. The Kier molecular flexibility index (Phi) is 5.55. The van der Waals surface area contributed by atoms with Crippen LogP contribution >= 0.6 is 27.3 Å². The first kappa shape index (κ1) is 16.2. The topological polar surface area (TPSA) is 47.4 Å². The number of hydrogen-bond donors (Lipinski definition) is 0. The van der Waals surface area contributed by atoms with E-state index in [2.05, 4.69) is 37.4 Å². The summed E-state index contributed by atoms with van der Waals surface area (Å²) in [4.78, 5) is 14.1. The van der Waals surface area contributed by atoms with Crippen molar-refractivity contribution in [2.45, 2.75) is 20.0 Å². The minimum Gasteiger partial charge on any atom is -0.462 e. The van der Waals surface area contributed by atoms with Gasteiger partial charge in [0.25, 0.3) is 0 Å². The summed E-state index contributed by atoms with van der Waals surface area (Å²) in [7, 11) is 3.86. The Morgan fingerprint density at radius 1 is 1.52 bits per heavy atom. The Bertz CT molecular complexity index is 624. The highest BCUT2D eigenvalue weighted by Gasteiger charge is 2.18. The van der Waals surface area contributed by atoms with Gasteiger partial charge in [-0.2, -0.15) is 5.10 Å². The van der Waals surface area contributed by atoms with E-state index in [4.69, 9.17) is 4.74 Å². The second-order valence-corrected chi connectivity index (χ2v) is 7.07. The lowest BCUT2D eigenvalue weighted by atomic mass is 10.2. The molecule has 0 aromatic carbocycles. The standard InChI is InChI=1S/C14H18BrN3O2S/c1-4-20-14(19)11-6-16-18(3)12(11)8-17(2)7-10-5-13(15)21-9-10/h5-6,9H,4,7-8H2,1-3H3. The SMILES string of the molecule is CCOC(=O)c1cnn(C)c1CN(C)Cc1csc(Br)c1. The number of nitrogens with zero attached hydrogens (tertiary/aromatic N) is 3. The third kappa shape index (κ3) is 4.15. The van der Waals surface area contributed by atoms with Gasteiger partial charge >= 0.3 is 5.97 Å². The number of halogens is 1. The number of aryl methyl sites for hydroxylation is 1. The van der Waals surface area contributed by atoms with Crippen molar-refractivity contribution in [3.63, 3.8) is 0 Å². The van der Waals surface area contributed by atoms with Crippen LogP contribution in [0.3, 0.4) is 0 Å². The molecule has 0 fully saturated rings. The van der Waals surface area contributed by atoms with Crippen molar-refractivity contribution in [1.82, 2.24) is 14.7 Å². The molecular weight excluding hydrogens is 354 g/mol. The largest absolute Gasteiger partial charge is 0.462 e. The van der Waals surface area contributed by atoms with Gasteiger partial charge in [0.2, 0.25) is 0 Å². The molecule has 7 heteroatoms. The molecule has 0 N–H and O–H groups in total. The first-order valence-electron chi connectivity index (χ1n) is 6.60. The lowest BCUT2D eigenvalue weighted by Crippen LogP contribution is -2.21. The molecule has 2 rings (SSSR count). The number of esters is 1. The molecule has 5 nitrogen and oxygen atoms in total. The van der Waals surface area contributed by atoms with Gasteiger partial charge in [0, 0.05) is 20.1 Å². The maximum Gasteiger partial charge on any atom is 0.341 e. The van der Waals surface area contributed by atoms with E-state index in [9.17, 15) is 4.79 Å². The second kappa shape index (κ2) is 7.20. The highest BCUT2D eigenvalue weighted by atomic mass is 79.9. The quantitative estimate of drug-likeness (QED) is 0.732. The molecule has 2 aromatic rings. The first-order valence-corrected chi connectivity index (χ1v) is 8.28. The number of thiophene rings is 1. The monoisotopic (exact) mass is 371 g/mol. The van der Waals surface area contributed by atoms with Crippen LogP contribution in [0, 0.1) is 0 Å². The van der Waals surface area contributed by atoms with Crippen molar-refractivity contribution in [3.8, 4) is 0 Å². The van der Waals surface area contributed by atoms with Crippen molar-refractivity contribution in [2.75, 3.05) is 13.7 Å². The molecule has 0 saturated carbocycles. The summed E-state index contributed by atoms with van der Waals surface area (Å²) in [6, 6.07) is 2.11. The van der Waals surface area contributed by atoms with E-state index in [1.165, 1.54) is 5.56 Å². The average Bonchev–Trinajstić information content (AvgIpc) is 2.97. The van der Waals surface area contributed by atoms with Crippen LogP contribution in [0.4, 0.5) is 0 Å². The molecule has 2 aromatic heterocycles. The van der Waals surface area contributed by atoms with Gasteiger partial charge in [0.1, 0.15) is 5.56 Å². The molecule has 0 atom stereocenters. The predicted octanol–water partition coefficient (Wildman–Crippen LogP) is 3.05. The van der Waals surface area contributed by atoms with Gasteiger partial charge in [-0.15, -0.1) is 11.3 Å². The highest BCUT2D eigenvalue weighted by molar-refractivity contribution is 9.11. The molecule has 21 heavy (non-hydrogen) atoms. The predicted molar refractivity (Wildman–Crippen MR) is 86.4 cm³/mol. The Morgan fingerprint density at radius 3 is 2.90 bits per heavy atom. The van der Waals surface area contributed by atoms with E-state index in [1.807, 2.05) is 14.1 Å². The second-order valence-electron chi connectivity index (χ2n) is 4.78. The Morgan fingerprint density at radius 2 is 2.29 bits per heavy atom. The van der Waals surface area contributed by atoms with Crippen LogP contribution in [-0.2, 0) is 24.9 Å².